The maximum absolute atomic E-state index is 12.4. The van der Waals surface area contributed by atoms with Crippen molar-refractivity contribution in [1.29, 1.82) is 0 Å². The molecule has 5 nitrogen and oxygen atoms in total. The number of methoxy groups -OCH3 is 1. The minimum absolute atomic E-state index is 0.127. The van der Waals surface area contributed by atoms with E-state index in [4.69, 9.17) is 4.74 Å². The topological polar surface area (TPSA) is 67.4 Å². The standard InChI is InChI=1S/C17H24N2O3/c1-12-8-9-18-14(10-12)16(20)19-15(17(21)22-2)11-13-6-4-3-5-7-13/h3-7,12,14-15,18H,8-11H2,1-2H3,(H,19,20). The van der Waals surface area contributed by atoms with Crippen LogP contribution in [0.15, 0.2) is 30.3 Å². The van der Waals surface area contributed by atoms with E-state index in [1.165, 1.54) is 7.11 Å². The lowest BCUT2D eigenvalue weighted by Gasteiger charge is -2.28. The number of hydrogen-bond donors (Lipinski definition) is 2. The van der Waals surface area contributed by atoms with Crippen LogP contribution in [0.1, 0.15) is 25.3 Å². The zero-order valence-electron chi connectivity index (χ0n) is 13.2. The average molecular weight is 304 g/mol. The van der Waals surface area contributed by atoms with Gasteiger partial charge in [-0.25, -0.2) is 4.79 Å². The Morgan fingerprint density at radius 1 is 1.36 bits per heavy atom. The van der Waals surface area contributed by atoms with Crippen LogP contribution in [0, 0.1) is 5.92 Å². The maximum atomic E-state index is 12.4. The van der Waals surface area contributed by atoms with Gasteiger partial charge in [0, 0.05) is 6.42 Å². The van der Waals surface area contributed by atoms with E-state index >= 15 is 0 Å². The molecule has 0 aromatic heterocycles. The fourth-order valence-electron chi connectivity index (χ4n) is 2.76. The van der Waals surface area contributed by atoms with Crippen LogP contribution in [-0.4, -0.2) is 37.6 Å². The van der Waals surface area contributed by atoms with Crippen LogP contribution in [0.2, 0.25) is 0 Å². The van der Waals surface area contributed by atoms with Crippen LogP contribution in [0.4, 0.5) is 0 Å². The molecule has 1 amide bonds. The largest absolute Gasteiger partial charge is 0.467 e. The molecule has 1 aliphatic heterocycles. The molecule has 1 aromatic carbocycles. The summed E-state index contributed by atoms with van der Waals surface area (Å²) in [5, 5.41) is 6.04. The van der Waals surface area contributed by atoms with Crippen molar-refractivity contribution in [2.75, 3.05) is 13.7 Å². The van der Waals surface area contributed by atoms with E-state index in [2.05, 4.69) is 17.6 Å². The van der Waals surface area contributed by atoms with Gasteiger partial charge in [0.15, 0.2) is 0 Å². The Bertz CT molecular complexity index is 504. The third-order valence-corrected chi connectivity index (χ3v) is 4.07. The zero-order valence-corrected chi connectivity index (χ0v) is 13.2. The Balaban J connectivity index is 2.00. The summed E-state index contributed by atoms with van der Waals surface area (Å²) < 4.78 is 4.82. The molecule has 1 aromatic rings. The Morgan fingerprint density at radius 3 is 2.73 bits per heavy atom. The third-order valence-electron chi connectivity index (χ3n) is 4.07. The molecule has 5 heteroatoms. The van der Waals surface area contributed by atoms with Crippen molar-refractivity contribution in [2.24, 2.45) is 5.92 Å². The van der Waals surface area contributed by atoms with Gasteiger partial charge >= 0.3 is 5.97 Å². The van der Waals surface area contributed by atoms with Gasteiger partial charge in [-0.05, 0) is 30.9 Å². The molecule has 120 valence electrons. The van der Waals surface area contributed by atoms with Crippen molar-refractivity contribution in [1.82, 2.24) is 10.6 Å². The van der Waals surface area contributed by atoms with Crippen molar-refractivity contribution in [3.05, 3.63) is 35.9 Å². The summed E-state index contributed by atoms with van der Waals surface area (Å²) in [5.74, 6) is -0.0263. The van der Waals surface area contributed by atoms with Gasteiger partial charge in [-0.15, -0.1) is 0 Å². The first-order valence-corrected chi connectivity index (χ1v) is 7.75. The second kappa shape index (κ2) is 7.94. The molecule has 1 heterocycles. The zero-order chi connectivity index (χ0) is 15.9. The van der Waals surface area contributed by atoms with E-state index < -0.39 is 12.0 Å². The normalized spacial score (nSPS) is 22.6. The number of carbonyl (C=O) groups is 2. The summed E-state index contributed by atoms with van der Waals surface area (Å²) >= 11 is 0. The van der Waals surface area contributed by atoms with Crippen molar-refractivity contribution in [3.63, 3.8) is 0 Å². The molecule has 2 rings (SSSR count). The molecule has 1 saturated heterocycles. The molecule has 0 saturated carbocycles. The second-order valence-corrected chi connectivity index (χ2v) is 5.91. The summed E-state index contributed by atoms with van der Waals surface area (Å²) in [6.07, 6.45) is 2.31. The van der Waals surface area contributed by atoms with Gasteiger partial charge in [-0.1, -0.05) is 37.3 Å². The van der Waals surface area contributed by atoms with E-state index in [0.717, 1.165) is 24.9 Å². The maximum Gasteiger partial charge on any atom is 0.328 e. The number of carbonyl (C=O) groups excluding carboxylic acids is 2. The number of piperidine rings is 1. The smallest absolute Gasteiger partial charge is 0.328 e. The van der Waals surface area contributed by atoms with Gasteiger partial charge in [0.2, 0.25) is 5.91 Å². The van der Waals surface area contributed by atoms with E-state index in [1.54, 1.807) is 0 Å². The lowest BCUT2D eigenvalue weighted by atomic mass is 9.93. The van der Waals surface area contributed by atoms with Gasteiger partial charge in [0.05, 0.1) is 13.2 Å². The molecule has 0 radical (unpaired) electrons. The highest BCUT2D eigenvalue weighted by molar-refractivity contribution is 5.87. The van der Waals surface area contributed by atoms with Crippen molar-refractivity contribution >= 4 is 11.9 Å². The molecule has 22 heavy (non-hydrogen) atoms. The van der Waals surface area contributed by atoms with Crippen molar-refractivity contribution in [3.8, 4) is 0 Å². The molecule has 1 aliphatic rings. The third kappa shape index (κ3) is 4.56. The van der Waals surface area contributed by atoms with Crippen LogP contribution in [0.5, 0.6) is 0 Å². The predicted molar refractivity (Wildman–Crippen MR) is 84.3 cm³/mol. The molecule has 3 atom stereocenters. The first-order valence-electron chi connectivity index (χ1n) is 7.75. The molecule has 2 N–H and O–H groups in total. The van der Waals surface area contributed by atoms with Crippen LogP contribution in [0.25, 0.3) is 0 Å². The number of hydrogen-bond acceptors (Lipinski definition) is 4. The Morgan fingerprint density at radius 2 is 2.09 bits per heavy atom. The lowest BCUT2D eigenvalue weighted by Crippen LogP contribution is -2.53. The Labute approximate surface area is 131 Å². The highest BCUT2D eigenvalue weighted by Crippen LogP contribution is 2.15. The SMILES string of the molecule is COC(=O)C(Cc1ccccc1)NC(=O)C1CC(C)CCN1. The minimum Gasteiger partial charge on any atom is -0.467 e. The summed E-state index contributed by atoms with van der Waals surface area (Å²) in [6, 6.07) is 8.73. The molecule has 1 fully saturated rings. The monoisotopic (exact) mass is 304 g/mol. The number of nitrogens with one attached hydrogen (secondary N) is 2. The van der Waals surface area contributed by atoms with Crippen LogP contribution < -0.4 is 10.6 Å². The molecule has 0 aliphatic carbocycles. The van der Waals surface area contributed by atoms with Gasteiger partial charge in [-0.2, -0.15) is 0 Å². The second-order valence-electron chi connectivity index (χ2n) is 5.91. The van der Waals surface area contributed by atoms with Crippen molar-refractivity contribution < 1.29 is 14.3 Å². The van der Waals surface area contributed by atoms with Crippen LogP contribution >= 0.6 is 0 Å². The van der Waals surface area contributed by atoms with Gasteiger partial charge < -0.3 is 15.4 Å². The van der Waals surface area contributed by atoms with E-state index in [-0.39, 0.29) is 11.9 Å². The average Bonchev–Trinajstić information content (AvgIpc) is 2.54. The molecule has 3 unspecified atom stereocenters. The number of esters is 1. The predicted octanol–water partition coefficient (Wildman–Crippen LogP) is 1.27. The molecular formula is C17H24N2O3. The number of amides is 1. The fourth-order valence-corrected chi connectivity index (χ4v) is 2.76. The van der Waals surface area contributed by atoms with Gasteiger partial charge in [0.25, 0.3) is 0 Å². The van der Waals surface area contributed by atoms with Gasteiger partial charge in [0.1, 0.15) is 6.04 Å². The van der Waals surface area contributed by atoms with Crippen LogP contribution in [-0.2, 0) is 20.7 Å². The van der Waals surface area contributed by atoms with Crippen LogP contribution in [0.3, 0.4) is 0 Å². The van der Waals surface area contributed by atoms with E-state index in [1.807, 2.05) is 30.3 Å². The van der Waals surface area contributed by atoms with Crippen molar-refractivity contribution in [2.45, 2.75) is 38.3 Å². The van der Waals surface area contributed by atoms with E-state index in [9.17, 15) is 9.59 Å². The fraction of sp³-hybridized carbons (Fsp3) is 0.529. The summed E-state index contributed by atoms with van der Waals surface area (Å²) in [5.41, 5.74) is 0.989. The quantitative estimate of drug-likeness (QED) is 0.804. The first-order chi connectivity index (χ1) is 10.6. The highest BCUT2D eigenvalue weighted by Gasteiger charge is 2.29. The highest BCUT2D eigenvalue weighted by atomic mass is 16.5. The molecule has 0 bridgehead atoms. The molecule has 0 spiro atoms. The Kier molecular flexibility index (Phi) is 5.95. The minimum atomic E-state index is -0.654. The van der Waals surface area contributed by atoms with E-state index in [0.29, 0.717) is 12.3 Å². The first kappa shape index (κ1) is 16.5. The lowest BCUT2D eigenvalue weighted by molar-refractivity contribution is -0.145. The Hall–Kier alpha value is -1.88. The number of ether oxygens (including phenoxy) is 1. The summed E-state index contributed by atoms with van der Waals surface area (Å²) in [7, 11) is 1.34. The summed E-state index contributed by atoms with van der Waals surface area (Å²) in [6.45, 7) is 2.98. The summed E-state index contributed by atoms with van der Waals surface area (Å²) in [4.78, 5) is 24.3. The van der Waals surface area contributed by atoms with Gasteiger partial charge in [-0.3, -0.25) is 4.79 Å². The number of rotatable bonds is 5. The molecular weight excluding hydrogens is 280 g/mol. The number of benzene rings is 1.